The summed E-state index contributed by atoms with van der Waals surface area (Å²) >= 11 is 0. The first kappa shape index (κ1) is 18.5. The molecule has 0 spiro atoms. The average Bonchev–Trinajstić information content (AvgIpc) is 2.65. The van der Waals surface area contributed by atoms with Crippen LogP contribution < -0.4 is 10.1 Å². The van der Waals surface area contributed by atoms with Crippen molar-refractivity contribution in [1.82, 2.24) is 5.32 Å². The number of hydrogen-bond acceptors (Lipinski definition) is 4. The van der Waals surface area contributed by atoms with Crippen LogP contribution in [0.1, 0.15) is 29.3 Å². The Morgan fingerprint density at radius 3 is 2.40 bits per heavy atom. The standard InChI is InChI=1S/C20H23NO4/c1-2-24-18-12-10-17(11-13-18)20(23)25-15-19(22)21-14-6-9-16-7-4-3-5-8-16/h3-5,7-8,10-13H,2,6,9,14-15H2,1H3,(H,21,22). The molecular formula is C20H23NO4. The SMILES string of the molecule is CCOc1ccc(C(=O)OCC(=O)NCCCc2ccccc2)cc1. The molecule has 2 rings (SSSR count). The molecule has 0 aliphatic rings. The van der Waals surface area contributed by atoms with Crippen molar-refractivity contribution in [1.29, 1.82) is 0 Å². The van der Waals surface area contributed by atoms with Gasteiger partial charge in [0.2, 0.25) is 0 Å². The van der Waals surface area contributed by atoms with E-state index in [-0.39, 0.29) is 12.5 Å². The Hall–Kier alpha value is -2.82. The molecule has 2 aromatic carbocycles. The number of amides is 1. The van der Waals surface area contributed by atoms with Crippen LogP contribution in [0.3, 0.4) is 0 Å². The number of nitrogens with one attached hydrogen (secondary N) is 1. The van der Waals surface area contributed by atoms with Crippen molar-refractivity contribution in [2.45, 2.75) is 19.8 Å². The zero-order valence-electron chi connectivity index (χ0n) is 14.4. The average molecular weight is 341 g/mol. The van der Waals surface area contributed by atoms with E-state index in [0.717, 1.165) is 12.8 Å². The van der Waals surface area contributed by atoms with Gasteiger partial charge in [-0.05, 0) is 49.6 Å². The number of carbonyl (C=O) groups is 2. The first-order chi connectivity index (χ1) is 12.2. The highest BCUT2D eigenvalue weighted by molar-refractivity contribution is 5.91. The van der Waals surface area contributed by atoms with Gasteiger partial charge in [-0.25, -0.2) is 4.79 Å². The third-order valence-corrected chi connectivity index (χ3v) is 3.54. The summed E-state index contributed by atoms with van der Waals surface area (Å²) in [6, 6.07) is 16.7. The van der Waals surface area contributed by atoms with Crippen molar-refractivity contribution in [2.75, 3.05) is 19.8 Å². The molecule has 5 heteroatoms. The molecule has 0 bridgehead atoms. The fourth-order valence-electron chi connectivity index (χ4n) is 2.28. The molecular weight excluding hydrogens is 318 g/mol. The van der Waals surface area contributed by atoms with Gasteiger partial charge in [0.25, 0.3) is 5.91 Å². The van der Waals surface area contributed by atoms with Gasteiger partial charge in [-0.1, -0.05) is 30.3 Å². The van der Waals surface area contributed by atoms with Gasteiger partial charge in [-0.3, -0.25) is 4.79 Å². The van der Waals surface area contributed by atoms with Gasteiger partial charge in [0.05, 0.1) is 12.2 Å². The molecule has 0 radical (unpaired) electrons. The minimum atomic E-state index is -0.525. The lowest BCUT2D eigenvalue weighted by Crippen LogP contribution is -2.29. The molecule has 1 amide bonds. The van der Waals surface area contributed by atoms with Crippen molar-refractivity contribution in [3.63, 3.8) is 0 Å². The highest BCUT2D eigenvalue weighted by Gasteiger charge is 2.10. The van der Waals surface area contributed by atoms with Crippen molar-refractivity contribution in [3.8, 4) is 5.75 Å². The lowest BCUT2D eigenvalue weighted by atomic mass is 10.1. The first-order valence-electron chi connectivity index (χ1n) is 8.39. The monoisotopic (exact) mass is 341 g/mol. The van der Waals surface area contributed by atoms with Gasteiger partial charge in [0.15, 0.2) is 6.61 Å². The van der Waals surface area contributed by atoms with Gasteiger partial charge >= 0.3 is 5.97 Å². The Bertz CT molecular complexity index is 668. The molecule has 25 heavy (non-hydrogen) atoms. The second kappa shape index (κ2) is 10.1. The van der Waals surface area contributed by atoms with E-state index in [4.69, 9.17) is 9.47 Å². The summed E-state index contributed by atoms with van der Waals surface area (Å²) < 4.78 is 10.3. The van der Waals surface area contributed by atoms with E-state index >= 15 is 0 Å². The van der Waals surface area contributed by atoms with Crippen molar-refractivity contribution in [3.05, 3.63) is 65.7 Å². The third-order valence-electron chi connectivity index (χ3n) is 3.54. The molecule has 0 saturated carbocycles. The van der Waals surface area contributed by atoms with Crippen molar-refractivity contribution >= 4 is 11.9 Å². The lowest BCUT2D eigenvalue weighted by Gasteiger charge is -2.07. The number of hydrogen-bond donors (Lipinski definition) is 1. The summed E-state index contributed by atoms with van der Waals surface area (Å²) in [5.41, 5.74) is 1.62. The number of esters is 1. The molecule has 1 N–H and O–H groups in total. The second-order valence-electron chi connectivity index (χ2n) is 5.47. The topological polar surface area (TPSA) is 64.6 Å². The van der Waals surface area contributed by atoms with E-state index in [9.17, 15) is 9.59 Å². The van der Waals surface area contributed by atoms with Crippen LogP contribution in [0.5, 0.6) is 5.75 Å². The van der Waals surface area contributed by atoms with Crippen LogP contribution in [0.25, 0.3) is 0 Å². The number of aryl methyl sites for hydroxylation is 1. The van der Waals surface area contributed by atoms with Crippen LogP contribution >= 0.6 is 0 Å². The van der Waals surface area contributed by atoms with E-state index in [1.54, 1.807) is 24.3 Å². The van der Waals surface area contributed by atoms with Crippen molar-refractivity contribution < 1.29 is 19.1 Å². The molecule has 132 valence electrons. The second-order valence-corrected chi connectivity index (χ2v) is 5.47. The van der Waals surface area contributed by atoms with Crippen LogP contribution in [0.2, 0.25) is 0 Å². The predicted octanol–water partition coefficient (Wildman–Crippen LogP) is 2.99. The highest BCUT2D eigenvalue weighted by atomic mass is 16.5. The number of benzene rings is 2. The molecule has 5 nitrogen and oxygen atoms in total. The molecule has 0 fully saturated rings. The van der Waals surface area contributed by atoms with Crippen LogP contribution in [0.4, 0.5) is 0 Å². The van der Waals surface area contributed by atoms with Crippen LogP contribution in [-0.2, 0) is 16.0 Å². The third kappa shape index (κ3) is 6.67. The largest absolute Gasteiger partial charge is 0.494 e. The zero-order valence-corrected chi connectivity index (χ0v) is 14.4. The molecule has 2 aromatic rings. The summed E-state index contributed by atoms with van der Waals surface area (Å²) in [7, 11) is 0. The lowest BCUT2D eigenvalue weighted by molar-refractivity contribution is -0.124. The highest BCUT2D eigenvalue weighted by Crippen LogP contribution is 2.12. The van der Waals surface area contributed by atoms with E-state index in [0.29, 0.717) is 24.5 Å². The molecule has 0 aliphatic heterocycles. The summed E-state index contributed by atoms with van der Waals surface area (Å²) in [5, 5.41) is 2.75. The summed E-state index contributed by atoms with van der Waals surface area (Å²) in [6.07, 6.45) is 1.73. The Balaban J connectivity index is 1.64. The van der Waals surface area contributed by atoms with Crippen LogP contribution in [-0.4, -0.2) is 31.6 Å². The van der Waals surface area contributed by atoms with Crippen LogP contribution in [0, 0.1) is 0 Å². The zero-order chi connectivity index (χ0) is 17.9. The Morgan fingerprint density at radius 2 is 1.72 bits per heavy atom. The summed E-state index contributed by atoms with van der Waals surface area (Å²) in [6.45, 7) is 2.72. The van der Waals surface area contributed by atoms with Crippen molar-refractivity contribution in [2.24, 2.45) is 0 Å². The van der Waals surface area contributed by atoms with E-state index in [1.165, 1.54) is 5.56 Å². The van der Waals surface area contributed by atoms with Gasteiger partial charge in [-0.2, -0.15) is 0 Å². The fraction of sp³-hybridized carbons (Fsp3) is 0.300. The maximum Gasteiger partial charge on any atom is 0.338 e. The molecule has 0 aromatic heterocycles. The minimum Gasteiger partial charge on any atom is -0.494 e. The van der Waals surface area contributed by atoms with Gasteiger partial charge < -0.3 is 14.8 Å². The van der Waals surface area contributed by atoms with E-state index in [2.05, 4.69) is 17.4 Å². The quantitative estimate of drug-likeness (QED) is 0.562. The predicted molar refractivity (Wildman–Crippen MR) is 95.7 cm³/mol. The summed E-state index contributed by atoms with van der Waals surface area (Å²) in [4.78, 5) is 23.6. The Kier molecular flexibility index (Phi) is 7.50. The molecule has 0 aliphatic carbocycles. The van der Waals surface area contributed by atoms with Gasteiger partial charge in [0.1, 0.15) is 5.75 Å². The van der Waals surface area contributed by atoms with Crippen LogP contribution in [0.15, 0.2) is 54.6 Å². The number of rotatable bonds is 9. The van der Waals surface area contributed by atoms with Gasteiger partial charge in [-0.15, -0.1) is 0 Å². The van der Waals surface area contributed by atoms with E-state index < -0.39 is 5.97 Å². The molecule has 0 heterocycles. The first-order valence-corrected chi connectivity index (χ1v) is 8.39. The molecule has 0 unspecified atom stereocenters. The Morgan fingerprint density at radius 1 is 1.00 bits per heavy atom. The summed E-state index contributed by atoms with van der Waals surface area (Å²) in [5.74, 6) is -0.134. The smallest absolute Gasteiger partial charge is 0.338 e. The molecule has 0 saturated heterocycles. The fourth-order valence-corrected chi connectivity index (χ4v) is 2.28. The van der Waals surface area contributed by atoms with E-state index in [1.807, 2.05) is 25.1 Å². The number of carbonyl (C=O) groups excluding carboxylic acids is 2. The Labute approximate surface area is 148 Å². The maximum absolute atomic E-state index is 11.9. The normalized spacial score (nSPS) is 10.1. The van der Waals surface area contributed by atoms with Gasteiger partial charge in [0, 0.05) is 6.54 Å². The maximum atomic E-state index is 11.9. The molecule has 0 atom stereocenters. The minimum absolute atomic E-state index is 0.280. The number of ether oxygens (including phenoxy) is 2.